The van der Waals surface area contributed by atoms with Crippen LogP contribution in [0.15, 0.2) is 0 Å². The lowest BCUT2D eigenvalue weighted by Gasteiger charge is -2.05. The molecule has 3 nitrogen and oxygen atoms in total. The van der Waals surface area contributed by atoms with Gasteiger partial charge in [-0.3, -0.25) is 4.21 Å². The van der Waals surface area contributed by atoms with Crippen LogP contribution in [-0.4, -0.2) is 15.3 Å². The average molecular weight is 164 g/mol. The van der Waals surface area contributed by atoms with Crippen molar-refractivity contribution < 1.29 is 8.76 Å². The van der Waals surface area contributed by atoms with E-state index in [4.69, 9.17) is 0 Å². The van der Waals surface area contributed by atoms with Gasteiger partial charge in [0.05, 0.1) is 0 Å². The van der Waals surface area contributed by atoms with Crippen LogP contribution >= 0.6 is 0 Å². The Bertz CT molecular complexity index is 97.7. The predicted molar refractivity (Wildman–Crippen MR) is 41.1 cm³/mol. The van der Waals surface area contributed by atoms with Crippen LogP contribution in [0.25, 0.3) is 0 Å². The summed E-state index contributed by atoms with van der Waals surface area (Å²) in [5.41, 5.74) is 0. The Labute approximate surface area is 64.6 Å². The molecule has 0 spiro atoms. The Kier molecular flexibility index (Phi) is 7.23. The van der Waals surface area contributed by atoms with E-state index in [0.717, 1.165) is 12.8 Å². The summed E-state index contributed by atoms with van der Waals surface area (Å²) in [6, 6.07) is 0. The van der Waals surface area contributed by atoms with E-state index in [0.29, 0.717) is 6.54 Å². The van der Waals surface area contributed by atoms with E-state index in [2.05, 4.69) is 11.6 Å². The molecule has 0 saturated heterocycles. The summed E-state index contributed by atoms with van der Waals surface area (Å²) < 4.78 is 22.2. The van der Waals surface area contributed by atoms with Crippen molar-refractivity contribution in [3.05, 3.63) is 0 Å². The van der Waals surface area contributed by atoms with E-state index in [9.17, 15) is 8.76 Å². The molecule has 0 aromatic rings. The molecular weight excluding hydrogens is 150 g/mol. The number of hydrogen-bond donors (Lipinski definition) is 1. The lowest BCUT2D eigenvalue weighted by molar-refractivity contribution is 0.519. The zero-order valence-corrected chi connectivity index (χ0v) is 7.08. The molecule has 0 fully saturated rings. The molecule has 0 bridgehead atoms. The van der Waals surface area contributed by atoms with Gasteiger partial charge >= 0.3 is 0 Å². The first-order valence-corrected chi connectivity index (χ1v) is 4.67. The van der Waals surface area contributed by atoms with E-state index in [-0.39, 0.29) is 0 Å². The fourth-order valence-electron chi connectivity index (χ4n) is 0.707. The van der Waals surface area contributed by atoms with Gasteiger partial charge in [-0.05, 0) is 6.42 Å². The first-order chi connectivity index (χ1) is 4.77. The molecule has 0 rings (SSSR count). The topological polar surface area (TPSA) is 52.2 Å². The van der Waals surface area contributed by atoms with Crippen LogP contribution in [-0.2, 0) is 11.3 Å². The number of unbranched alkanes of at least 4 members (excludes halogenated alkanes) is 3. The highest BCUT2D eigenvalue weighted by Crippen LogP contribution is 1.96. The minimum absolute atomic E-state index is 0.579. The van der Waals surface area contributed by atoms with Crippen molar-refractivity contribution in [3.8, 4) is 0 Å². The maximum absolute atomic E-state index is 9.92. The fraction of sp³-hybridized carbons (Fsp3) is 1.00. The second kappa shape index (κ2) is 7.18. The van der Waals surface area contributed by atoms with Crippen molar-refractivity contribution in [3.63, 3.8) is 0 Å². The zero-order chi connectivity index (χ0) is 7.82. The molecule has 10 heavy (non-hydrogen) atoms. The quantitative estimate of drug-likeness (QED) is 0.469. The van der Waals surface area contributed by atoms with Crippen LogP contribution in [0.1, 0.15) is 32.6 Å². The highest BCUT2D eigenvalue weighted by molar-refractivity contribution is 7.77. The second-order valence-corrected chi connectivity index (χ2v) is 2.95. The Morgan fingerprint density at radius 2 is 2.10 bits per heavy atom. The van der Waals surface area contributed by atoms with Crippen molar-refractivity contribution in [1.82, 2.24) is 4.72 Å². The number of rotatable bonds is 6. The zero-order valence-electron chi connectivity index (χ0n) is 6.26. The molecular formula is C6H14NO2S-. The van der Waals surface area contributed by atoms with Crippen molar-refractivity contribution in [2.24, 2.45) is 0 Å². The Balaban J connectivity index is 2.84. The average Bonchev–Trinajstić information content (AvgIpc) is 1.87. The molecule has 62 valence electrons. The van der Waals surface area contributed by atoms with Crippen molar-refractivity contribution in [2.45, 2.75) is 32.6 Å². The molecule has 0 aliphatic carbocycles. The molecule has 1 atom stereocenters. The summed E-state index contributed by atoms with van der Waals surface area (Å²) in [6.07, 6.45) is 4.43. The first-order valence-electron chi connectivity index (χ1n) is 3.60. The largest absolute Gasteiger partial charge is 0.760 e. The van der Waals surface area contributed by atoms with Gasteiger partial charge in [-0.2, -0.15) is 0 Å². The van der Waals surface area contributed by atoms with Crippen LogP contribution in [0.4, 0.5) is 0 Å². The van der Waals surface area contributed by atoms with Crippen LogP contribution < -0.4 is 4.72 Å². The van der Waals surface area contributed by atoms with Gasteiger partial charge in [-0.1, -0.05) is 26.2 Å². The van der Waals surface area contributed by atoms with Crippen LogP contribution in [0, 0.1) is 0 Å². The van der Waals surface area contributed by atoms with Gasteiger partial charge in [0.15, 0.2) is 0 Å². The molecule has 0 amide bonds. The molecule has 0 aliphatic rings. The third-order valence-electron chi connectivity index (χ3n) is 1.25. The maximum Gasteiger partial charge on any atom is 0.0181 e. The maximum atomic E-state index is 9.92. The molecule has 0 aromatic carbocycles. The van der Waals surface area contributed by atoms with Crippen molar-refractivity contribution in [2.75, 3.05) is 6.54 Å². The summed E-state index contributed by atoms with van der Waals surface area (Å²) in [5.74, 6) is 0. The number of nitrogens with one attached hydrogen (secondary N) is 1. The van der Waals surface area contributed by atoms with Crippen molar-refractivity contribution in [1.29, 1.82) is 0 Å². The van der Waals surface area contributed by atoms with Crippen LogP contribution in [0.3, 0.4) is 0 Å². The van der Waals surface area contributed by atoms with E-state index in [1.807, 2.05) is 0 Å². The normalized spacial score (nSPS) is 13.4. The summed E-state index contributed by atoms with van der Waals surface area (Å²) in [7, 11) is 0. The molecule has 0 saturated carbocycles. The van der Waals surface area contributed by atoms with Crippen LogP contribution in [0.5, 0.6) is 0 Å². The molecule has 0 aliphatic heterocycles. The molecule has 0 radical (unpaired) electrons. The van der Waals surface area contributed by atoms with Gasteiger partial charge in [0.25, 0.3) is 0 Å². The summed E-state index contributed by atoms with van der Waals surface area (Å²) in [4.78, 5) is 0. The molecule has 0 heterocycles. The van der Waals surface area contributed by atoms with Gasteiger partial charge < -0.3 is 4.55 Å². The van der Waals surface area contributed by atoms with Gasteiger partial charge in [0, 0.05) is 17.8 Å². The molecule has 0 aromatic heterocycles. The van der Waals surface area contributed by atoms with E-state index in [1.165, 1.54) is 12.8 Å². The SMILES string of the molecule is CCCCCCNS(=O)[O-]. The molecule has 1 unspecified atom stereocenters. The minimum atomic E-state index is -2.07. The van der Waals surface area contributed by atoms with Gasteiger partial charge in [0.2, 0.25) is 0 Å². The highest BCUT2D eigenvalue weighted by atomic mass is 32.2. The number of hydrogen-bond acceptors (Lipinski definition) is 2. The fourth-order valence-corrected chi connectivity index (χ4v) is 1.02. The Hall–Kier alpha value is 0.0700. The highest BCUT2D eigenvalue weighted by Gasteiger charge is 1.86. The molecule has 1 N–H and O–H groups in total. The minimum Gasteiger partial charge on any atom is -0.760 e. The summed E-state index contributed by atoms with van der Waals surface area (Å²) >= 11 is -2.07. The Morgan fingerprint density at radius 3 is 2.60 bits per heavy atom. The summed E-state index contributed by atoms with van der Waals surface area (Å²) in [6.45, 7) is 2.70. The smallest absolute Gasteiger partial charge is 0.0181 e. The third kappa shape index (κ3) is 8.07. The second-order valence-electron chi connectivity index (χ2n) is 2.19. The lowest BCUT2D eigenvalue weighted by atomic mass is 10.2. The van der Waals surface area contributed by atoms with Crippen molar-refractivity contribution >= 4 is 11.3 Å². The Morgan fingerprint density at radius 1 is 1.40 bits per heavy atom. The predicted octanol–water partition coefficient (Wildman–Crippen LogP) is 0.950. The third-order valence-corrected chi connectivity index (χ3v) is 1.69. The van der Waals surface area contributed by atoms with E-state index >= 15 is 0 Å². The lowest BCUT2D eigenvalue weighted by Crippen LogP contribution is -2.17. The van der Waals surface area contributed by atoms with E-state index < -0.39 is 11.3 Å². The first kappa shape index (κ1) is 10.1. The van der Waals surface area contributed by atoms with Gasteiger partial charge in [0.1, 0.15) is 0 Å². The molecule has 4 heteroatoms. The summed E-state index contributed by atoms with van der Waals surface area (Å²) in [5, 5.41) is 0. The van der Waals surface area contributed by atoms with Gasteiger partial charge in [-0.25, -0.2) is 4.72 Å². The van der Waals surface area contributed by atoms with Crippen LogP contribution in [0.2, 0.25) is 0 Å². The van der Waals surface area contributed by atoms with E-state index in [1.54, 1.807) is 0 Å². The van der Waals surface area contributed by atoms with Gasteiger partial charge in [-0.15, -0.1) is 0 Å². The monoisotopic (exact) mass is 164 g/mol. The standard InChI is InChI=1S/C6H15NO2S/c1-2-3-4-5-6-7-10(8)9/h7H,2-6H2,1H3,(H,8,9)/p-1.